The Bertz CT molecular complexity index is 332. The minimum atomic E-state index is -0.150. The van der Waals surface area contributed by atoms with Gasteiger partial charge in [-0.05, 0) is 6.92 Å². The quantitative estimate of drug-likeness (QED) is 0.394. The van der Waals surface area contributed by atoms with Crippen LogP contribution in [-0.2, 0) is 4.79 Å². The molecule has 1 aromatic carbocycles. The third-order valence-electron chi connectivity index (χ3n) is 1.07. The van der Waals surface area contributed by atoms with Gasteiger partial charge in [0.2, 0.25) is 5.43 Å². The van der Waals surface area contributed by atoms with E-state index in [9.17, 15) is 9.59 Å². The molecule has 1 rings (SSSR count). The van der Waals surface area contributed by atoms with Gasteiger partial charge in [0.25, 0.3) is 0 Å². The monoisotopic (exact) mass is 108 g/mol. The maximum Gasteiger partial charge on any atom is 0.205 e. The fourth-order valence-electron chi connectivity index (χ4n) is 0.561. The molecule has 0 radical (unpaired) electrons. The minimum Gasteiger partial charge on any atom is -0.288 e. The summed E-state index contributed by atoms with van der Waals surface area (Å²) in [6.45, 7) is 1.72. The van der Waals surface area contributed by atoms with Crippen LogP contribution in [0.2, 0.25) is 0 Å². The molecule has 1 aromatic rings. The molecule has 0 amide bonds. The van der Waals surface area contributed by atoms with Crippen molar-refractivity contribution in [2.24, 2.45) is 0 Å². The lowest BCUT2D eigenvalue weighted by Crippen LogP contribution is -1.96. The Balaban J connectivity index is 3.69. The van der Waals surface area contributed by atoms with Gasteiger partial charge < -0.3 is 0 Å². The zero-order chi connectivity index (χ0) is 6.15. The zero-order valence-corrected chi connectivity index (χ0v) is 4.39. The SMILES string of the molecule is C/C=c1\c(=O)c1=C=O. The third-order valence-corrected chi connectivity index (χ3v) is 1.07. The van der Waals surface area contributed by atoms with Crippen molar-refractivity contribution in [3.05, 3.63) is 20.7 Å². The van der Waals surface area contributed by atoms with E-state index >= 15 is 0 Å². The molecule has 0 aliphatic heterocycles. The predicted molar refractivity (Wildman–Crippen MR) is 29.3 cm³/mol. The molecule has 0 spiro atoms. The van der Waals surface area contributed by atoms with Crippen LogP contribution in [0.3, 0.4) is 0 Å². The first-order chi connectivity index (χ1) is 3.81. The Morgan fingerprint density at radius 2 is 2.25 bits per heavy atom. The maximum atomic E-state index is 10.3. The third kappa shape index (κ3) is 0.438. The Kier molecular flexibility index (Phi) is 0.891. The molecule has 2 heteroatoms. The number of carbonyl (C=O) groups excluding carboxylic acids is 1. The van der Waals surface area contributed by atoms with E-state index in [4.69, 9.17) is 0 Å². The highest BCUT2D eigenvalue weighted by atomic mass is 16.1. The molecule has 0 N–H and O–H groups in total. The van der Waals surface area contributed by atoms with Gasteiger partial charge in [-0.25, -0.2) is 4.79 Å². The largest absolute Gasteiger partial charge is 0.288 e. The van der Waals surface area contributed by atoms with E-state index < -0.39 is 0 Å². The van der Waals surface area contributed by atoms with E-state index in [1.807, 2.05) is 0 Å². The van der Waals surface area contributed by atoms with Gasteiger partial charge in [0, 0.05) is 5.22 Å². The van der Waals surface area contributed by atoms with Crippen molar-refractivity contribution in [3.63, 3.8) is 0 Å². The summed E-state index contributed by atoms with van der Waals surface area (Å²) in [5.74, 6) is 1.54. The molecule has 0 fully saturated rings. The van der Waals surface area contributed by atoms with Crippen molar-refractivity contribution >= 4 is 12.0 Å². The van der Waals surface area contributed by atoms with Crippen LogP contribution in [-0.4, -0.2) is 5.94 Å². The van der Waals surface area contributed by atoms with Gasteiger partial charge in [-0.15, -0.1) is 0 Å². The molecule has 0 heterocycles. The Labute approximate surface area is 45.4 Å². The summed E-state index contributed by atoms with van der Waals surface area (Å²) in [6, 6.07) is 0. The minimum absolute atomic E-state index is 0.150. The highest BCUT2D eigenvalue weighted by Gasteiger charge is 2.03. The second kappa shape index (κ2) is 1.42. The molecule has 0 saturated carbocycles. The topological polar surface area (TPSA) is 34.1 Å². The Morgan fingerprint density at radius 3 is 2.38 bits per heavy atom. The van der Waals surface area contributed by atoms with Crippen LogP contribution in [0.4, 0.5) is 0 Å². The molecule has 8 heavy (non-hydrogen) atoms. The van der Waals surface area contributed by atoms with E-state index in [2.05, 4.69) is 0 Å². The van der Waals surface area contributed by atoms with E-state index in [0.29, 0.717) is 5.22 Å². The number of hydrogen-bond acceptors (Lipinski definition) is 2. The van der Waals surface area contributed by atoms with Crippen molar-refractivity contribution in [1.82, 2.24) is 0 Å². The second-order valence-corrected chi connectivity index (χ2v) is 1.51. The van der Waals surface area contributed by atoms with Crippen molar-refractivity contribution in [2.75, 3.05) is 0 Å². The smallest absolute Gasteiger partial charge is 0.205 e. The molecular weight excluding hydrogens is 104 g/mol. The Morgan fingerprint density at radius 1 is 1.62 bits per heavy atom. The van der Waals surface area contributed by atoms with Crippen molar-refractivity contribution < 1.29 is 4.79 Å². The molecule has 2 nitrogen and oxygen atoms in total. The molecule has 0 unspecified atom stereocenters. The van der Waals surface area contributed by atoms with Gasteiger partial charge in [-0.3, -0.25) is 4.79 Å². The average Bonchev–Trinajstić information content (AvgIpc) is 2.40. The van der Waals surface area contributed by atoms with E-state index in [0.717, 1.165) is 0 Å². The molecule has 0 atom stereocenters. The summed E-state index contributed by atoms with van der Waals surface area (Å²) in [4.78, 5) is 20.0. The lowest BCUT2D eigenvalue weighted by atomic mass is 10.6. The van der Waals surface area contributed by atoms with Crippen LogP contribution in [0.25, 0.3) is 6.08 Å². The fraction of sp³-hybridized carbons (Fsp3) is 0.167. The van der Waals surface area contributed by atoms with Gasteiger partial charge in [-0.1, -0.05) is 6.08 Å². The molecule has 0 aromatic heterocycles. The first-order valence-electron chi connectivity index (χ1n) is 2.27. The molecule has 0 aliphatic rings. The van der Waals surface area contributed by atoms with Gasteiger partial charge in [0.1, 0.15) is 11.2 Å². The molecule has 0 aliphatic carbocycles. The summed E-state index contributed by atoms with van der Waals surface area (Å²) >= 11 is 0. The highest BCUT2D eigenvalue weighted by Crippen LogP contribution is 1.48. The van der Waals surface area contributed by atoms with Gasteiger partial charge in [0.05, 0.1) is 0 Å². The predicted octanol–water partition coefficient (Wildman–Crippen LogP) is -1.77. The van der Waals surface area contributed by atoms with E-state index in [1.54, 1.807) is 13.0 Å². The van der Waals surface area contributed by atoms with E-state index in [-0.39, 0.29) is 10.6 Å². The highest BCUT2D eigenvalue weighted by molar-refractivity contribution is 5.52. The number of rotatable bonds is 0. The Hall–Kier alpha value is -1.14. The van der Waals surface area contributed by atoms with Crippen molar-refractivity contribution in [3.8, 4) is 0 Å². The number of hydrogen-bond donors (Lipinski definition) is 0. The summed E-state index contributed by atoms with van der Waals surface area (Å²) < 4.78 is 0. The molecular formula is C6H4O2. The van der Waals surface area contributed by atoms with Crippen LogP contribution >= 0.6 is 0 Å². The molecule has 0 bridgehead atoms. The maximum absolute atomic E-state index is 10.3. The van der Waals surface area contributed by atoms with Crippen LogP contribution in [0.1, 0.15) is 6.92 Å². The standard InChI is InChI=1S/C6H4O2/c1-2-4-5(3-7)6(4)8/h2H,1H3/b4-2-. The summed E-state index contributed by atoms with van der Waals surface area (Å²) in [5.41, 5.74) is -0.150. The molecule has 0 saturated heterocycles. The summed E-state index contributed by atoms with van der Waals surface area (Å²) in [6.07, 6.45) is 1.61. The summed E-state index contributed by atoms with van der Waals surface area (Å²) in [5, 5.41) is 0.743. The van der Waals surface area contributed by atoms with Crippen LogP contribution in [0.5, 0.6) is 0 Å². The van der Waals surface area contributed by atoms with E-state index in [1.165, 1.54) is 5.94 Å². The van der Waals surface area contributed by atoms with Crippen LogP contribution in [0, 0.1) is 0 Å². The van der Waals surface area contributed by atoms with Gasteiger partial charge >= 0.3 is 0 Å². The lowest BCUT2D eigenvalue weighted by molar-refractivity contribution is 0.568. The first kappa shape index (κ1) is 5.01. The summed E-state index contributed by atoms with van der Waals surface area (Å²) in [7, 11) is 0. The van der Waals surface area contributed by atoms with Crippen molar-refractivity contribution in [1.29, 1.82) is 0 Å². The normalized spacial score (nSPS) is 12.4. The molecule has 40 valence electrons. The van der Waals surface area contributed by atoms with Crippen LogP contribution in [0.15, 0.2) is 4.79 Å². The van der Waals surface area contributed by atoms with Gasteiger partial charge in [0.15, 0.2) is 0 Å². The lowest BCUT2D eigenvalue weighted by Gasteiger charge is -1.43. The second-order valence-electron chi connectivity index (χ2n) is 1.51. The van der Waals surface area contributed by atoms with Crippen molar-refractivity contribution in [2.45, 2.75) is 6.92 Å². The van der Waals surface area contributed by atoms with Crippen LogP contribution < -0.4 is 15.9 Å². The van der Waals surface area contributed by atoms with Gasteiger partial charge in [-0.2, -0.15) is 0 Å². The average molecular weight is 108 g/mol. The fourth-order valence-corrected chi connectivity index (χ4v) is 0.561. The zero-order valence-electron chi connectivity index (χ0n) is 4.39. The first-order valence-corrected chi connectivity index (χ1v) is 2.27.